The van der Waals surface area contributed by atoms with Crippen LogP contribution < -0.4 is 5.56 Å². The largest absolute Gasteiger partial charge is 0.309 e. The van der Waals surface area contributed by atoms with Crippen LogP contribution in [0.2, 0.25) is 0 Å². The van der Waals surface area contributed by atoms with E-state index in [1.807, 2.05) is 35.1 Å². The van der Waals surface area contributed by atoms with E-state index in [1.54, 1.807) is 4.57 Å². The van der Waals surface area contributed by atoms with Gasteiger partial charge in [-0.25, -0.2) is 0 Å². The highest BCUT2D eigenvalue weighted by Crippen LogP contribution is 2.18. The SMILES string of the molecule is CCn1nc(Cn2cccc(I)c2=O)c2ccccc21. The highest BCUT2D eigenvalue weighted by atomic mass is 127. The summed E-state index contributed by atoms with van der Waals surface area (Å²) < 4.78 is 4.41. The van der Waals surface area contributed by atoms with Gasteiger partial charge < -0.3 is 4.57 Å². The number of hydrogen-bond acceptors (Lipinski definition) is 2. The lowest BCUT2D eigenvalue weighted by Gasteiger charge is -2.03. The van der Waals surface area contributed by atoms with E-state index >= 15 is 0 Å². The number of para-hydroxylation sites is 1. The maximum absolute atomic E-state index is 12.1. The van der Waals surface area contributed by atoms with Crippen molar-refractivity contribution in [2.45, 2.75) is 20.0 Å². The Hall–Kier alpha value is -1.63. The molecule has 0 amide bonds. The lowest BCUT2D eigenvalue weighted by molar-refractivity contribution is 0.647. The molecule has 4 nitrogen and oxygen atoms in total. The first-order valence-corrected chi connectivity index (χ1v) is 7.58. The summed E-state index contributed by atoms with van der Waals surface area (Å²) in [6.45, 7) is 3.39. The van der Waals surface area contributed by atoms with Gasteiger partial charge in [0.05, 0.1) is 21.3 Å². The summed E-state index contributed by atoms with van der Waals surface area (Å²) in [6.07, 6.45) is 1.81. The third-order valence-electron chi connectivity index (χ3n) is 3.33. The first-order valence-electron chi connectivity index (χ1n) is 6.50. The van der Waals surface area contributed by atoms with Gasteiger partial charge in [-0.2, -0.15) is 5.10 Å². The second kappa shape index (κ2) is 5.40. The van der Waals surface area contributed by atoms with Gasteiger partial charge in [0.1, 0.15) is 0 Å². The van der Waals surface area contributed by atoms with Crippen molar-refractivity contribution < 1.29 is 0 Å². The molecule has 0 spiro atoms. The lowest BCUT2D eigenvalue weighted by atomic mass is 10.2. The fourth-order valence-electron chi connectivity index (χ4n) is 2.35. The van der Waals surface area contributed by atoms with Gasteiger partial charge in [-0.05, 0) is 47.7 Å². The quantitative estimate of drug-likeness (QED) is 0.657. The van der Waals surface area contributed by atoms with Crippen LogP contribution >= 0.6 is 22.6 Å². The van der Waals surface area contributed by atoms with Gasteiger partial charge in [-0.15, -0.1) is 0 Å². The summed E-state index contributed by atoms with van der Waals surface area (Å²) in [6, 6.07) is 11.8. The van der Waals surface area contributed by atoms with Crippen molar-refractivity contribution in [3.8, 4) is 0 Å². The molecule has 2 aromatic heterocycles. The Labute approximate surface area is 130 Å². The number of rotatable bonds is 3. The second-order valence-electron chi connectivity index (χ2n) is 4.57. The van der Waals surface area contributed by atoms with Crippen LogP contribution in [0.15, 0.2) is 47.4 Å². The van der Waals surface area contributed by atoms with E-state index in [4.69, 9.17) is 0 Å². The van der Waals surface area contributed by atoms with Gasteiger partial charge in [-0.3, -0.25) is 9.48 Å². The average Bonchev–Trinajstić information content (AvgIpc) is 2.82. The fraction of sp³-hybridized carbons (Fsp3) is 0.200. The number of pyridine rings is 1. The molecule has 0 N–H and O–H groups in total. The molecule has 102 valence electrons. The van der Waals surface area contributed by atoms with Crippen LogP contribution in [0.3, 0.4) is 0 Å². The van der Waals surface area contributed by atoms with Crippen molar-refractivity contribution >= 4 is 33.5 Å². The molecule has 0 aliphatic rings. The smallest absolute Gasteiger partial charge is 0.264 e. The third-order valence-corrected chi connectivity index (χ3v) is 4.15. The van der Waals surface area contributed by atoms with Crippen LogP contribution in [0.1, 0.15) is 12.6 Å². The van der Waals surface area contributed by atoms with E-state index in [0.29, 0.717) is 6.54 Å². The number of fused-ring (bicyclic) bond motifs is 1. The molecule has 0 unspecified atom stereocenters. The van der Waals surface area contributed by atoms with Crippen LogP contribution in [-0.4, -0.2) is 14.3 Å². The molecule has 0 saturated carbocycles. The molecule has 2 heterocycles. The van der Waals surface area contributed by atoms with Crippen molar-refractivity contribution in [1.82, 2.24) is 14.3 Å². The third kappa shape index (κ3) is 2.26. The number of aryl methyl sites for hydroxylation is 1. The van der Waals surface area contributed by atoms with Crippen molar-refractivity contribution in [3.63, 3.8) is 0 Å². The van der Waals surface area contributed by atoms with E-state index in [2.05, 4.69) is 46.7 Å². The molecule has 0 aliphatic heterocycles. The molecule has 0 fully saturated rings. The molecule has 0 atom stereocenters. The zero-order valence-electron chi connectivity index (χ0n) is 11.1. The number of benzene rings is 1. The van der Waals surface area contributed by atoms with Gasteiger partial charge in [0, 0.05) is 18.1 Å². The Morgan fingerprint density at radius 1 is 1.20 bits per heavy atom. The summed E-state index contributed by atoms with van der Waals surface area (Å²) in [7, 11) is 0. The molecule has 0 saturated heterocycles. The minimum Gasteiger partial charge on any atom is -0.309 e. The minimum atomic E-state index is 0.0308. The Kier molecular flexibility index (Phi) is 3.60. The summed E-state index contributed by atoms with van der Waals surface area (Å²) in [4.78, 5) is 12.1. The number of hydrogen-bond donors (Lipinski definition) is 0. The molecule has 0 aliphatic carbocycles. The predicted octanol–water partition coefficient (Wildman–Crippen LogP) is 2.87. The maximum atomic E-state index is 12.1. The Balaban J connectivity index is 2.11. The molecule has 5 heteroatoms. The zero-order chi connectivity index (χ0) is 14.1. The molecular weight excluding hydrogens is 365 g/mol. The average molecular weight is 379 g/mol. The predicted molar refractivity (Wildman–Crippen MR) is 87.9 cm³/mol. The molecule has 0 bridgehead atoms. The molecule has 0 radical (unpaired) electrons. The standard InChI is InChI=1S/C15H14IN3O/c1-2-19-14-8-4-3-6-11(14)13(17-19)10-18-9-5-7-12(16)15(18)20/h3-9H,2,10H2,1H3. The van der Waals surface area contributed by atoms with Crippen molar-refractivity contribution in [3.05, 3.63) is 62.2 Å². The normalized spacial score (nSPS) is 11.1. The fourth-order valence-corrected chi connectivity index (χ4v) is 2.86. The molecular formula is C15H14IN3O. The zero-order valence-corrected chi connectivity index (χ0v) is 13.2. The van der Waals surface area contributed by atoms with E-state index in [9.17, 15) is 4.79 Å². The van der Waals surface area contributed by atoms with E-state index in [-0.39, 0.29) is 5.56 Å². The molecule has 3 rings (SSSR count). The highest BCUT2D eigenvalue weighted by Gasteiger charge is 2.10. The van der Waals surface area contributed by atoms with Crippen LogP contribution in [0.5, 0.6) is 0 Å². The molecule has 3 aromatic rings. The van der Waals surface area contributed by atoms with E-state index in [0.717, 1.165) is 26.7 Å². The Morgan fingerprint density at radius 2 is 2.00 bits per heavy atom. The second-order valence-corrected chi connectivity index (χ2v) is 5.73. The van der Waals surface area contributed by atoms with Gasteiger partial charge in [0.15, 0.2) is 0 Å². The summed E-state index contributed by atoms with van der Waals surface area (Å²) >= 11 is 2.06. The van der Waals surface area contributed by atoms with Crippen LogP contribution in [0.4, 0.5) is 0 Å². The highest BCUT2D eigenvalue weighted by molar-refractivity contribution is 14.1. The van der Waals surface area contributed by atoms with Crippen LogP contribution in [0.25, 0.3) is 10.9 Å². The van der Waals surface area contributed by atoms with Crippen LogP contribution in [0, 0.1) is 3.57 Å². The van der Waals surface area contributed by atoms with Crippen molar-refractivity contribution in [2.75, 3.05) is 0 Å². The first kappa shape index (κ1) is 13.4. The van der Waals surface area contributed by atoms with Gasteiger partial charge >= 0.3 is 0 Å². The molecule has 1 aromatic carbocycles. The number of nitrogens with zero attached hydrogens (tertiary/aromatic N) is 3. The van der Waals surface area contributed by atoms with Crippen LogP contribution in [-0.2, 0) is 13.1 Å². The van der Waals surface area contributed by atoms with Gasteiger partial charge in [-0.1, -0.05) is 18.2 Å². The Bertz CT molecular complexity index is 819. The molecule has 20 heavy (non-hydrogen) atoms. The van der Waals surface area contributed by atoms with E-state index < -0.39 is 0 Å². The summed E-state index contributed by atoms with van der Waals surface area (Å²) in [5, 5.41) is 5.74. The number of aromatic nitrogens is 3. The van der Waals surface area contributed by atoms with E-state index in [1.165, 1.54) is 0 Å². The number of halogens is 1. The summed E-state index contributed by atoms with van der Waals surface area (Å²) in [5.41, 5.74) is 2.08. The maximum Gasteiger partial charge on any atom is 0.264 e. The van der Waals surface area contributed by atoms with Gasteiger partial charge in [0.25, 0.3) is 5.56 Å². The van der Waals surface area contributed by atoms with Gasteiger partial charge in [0.2, 0.25) is 0 Å². The topological polar surface area (TPSA) is 39.8 Å². The lowest BCUT2D eigenvalue weighted by Crippen LogP contribution is -2.22. The minimum absolute atomic E-state index is 0.0308. The Morgan fingerprint density at radius 3 is 2.80 bits per heavy atom. The van der Waals surface area contributed by atoms with Crippen molar-refractivity contribution in [2.24, 2.45) is 0 Å². The monoisotopic (exact) mass is 379 g/mol. The first-order chi connectivity index (χ1) is 9.70. The van der Waals surface area contributed by atoms with Crippen molar-refractivity contribution in [1.29, 1.82) is 0 Å². The summed E-state index contributed by atoms with van der Waals surface area (Å²) in [5.74, 6) is 0.